The molecule has 4 rings (SSSR count). The number of hydrogen-bond donors (Lipinski definition) is 1. The van der Waals surface area contributed by atoms with Gasteiger partial charge in [-0.15, -0.1) is 0 Å². The predicted octanol–water partition coefficient (Wildman–Crippen LogP) is 3.44. The second-order valence-electron chi connectivity index (χ2n) is 6.97. The highest BCUT2D eigenvalue weighted by molar-refractivity contribution is 6.97. The Morgan fingerprint density at radius 3 is 1.85 bits per heavy atom. The zero-order valence-corrected chi connectivity index (χ0v) is 15.6. The quantitative estimate of drug-likeness (QED) is 0.712. The van der Waals surface area contributed by atoms with Crippen LogP contribution in [0.25, 0.3) is 0 Å². The van der Waals surface area contributed by atoms with E-state index in [2.05, 4.69) is 72.9 Å². The Morgan fingerprint density at radius 2 is 1.33 bits per heavy atom. The second-order valence-corrected chi connectivity index (χ2v) is 6.97. The zero-order valence-electron chi connectivity index (χ0n) is 15.6. The standard InChI is InChI=1S/C23H24BN2O/c1-2-12-22-25-23(19-13-6-3-7-14-19)26-24(27-22,20-15-8-4-9-16-20)21-17-10-5-11-18-21/h3-11,13-18,22H,2,12H2,1H3,(H,25,26)/q-1. The second kappa shape index (κ2) is 7.81. The van der Waals surface area contributed by atoms with Gasteiger partial charge < -0.3 is 14.9 Å². The zero-order chi connectivity index (χ0) is 18.5. The molecular formula is C23H24BN2O-. The molecule has 0 aliphatic carbocycles. The number of nitrogens with one attached hydrogen (secondary N) is 1. The van der Waals surface area contributed by atoms with Crippen molar-refractivity contribution in [2.75, 3.05) is 0 Å². The van der Waals surface area contributed by atoms with Crippen molar-refractivity contribution in [3.8, 4) is 0 Å². The van der Waals surface area contributed by atoms with Crippen molar-refractivity contribution in [1.82, 2.24) is 5.32 Å². The van der Waals surface area contributed by atoms with Crippen LogP contribution < -0.4 is 16.2 Å². The molecule has 0 bridgehead atoms. The Balaban J connectivity index is 1.92. The van der Waals surface area contributed by atoms with Gasteiger partial charge >= 0.3 is 0 Å². The molecule has 1 N–H and O–H groups in total. The molecule has 1 unspecified atom stereocenters. The largest absolute Gasteiger partial charge is 0.547 e. The number of rotatable bonds is 5. The van der Waals surface area contributed by atoms with Gasteiger partial charge in [-0.3, -0.25) is 0 Å². The van der Waals surface area contributed by atoms with Crippen LogP contribution >= 0.6 is 0 Å². The normalized spacial score (nSPS) is 18.4. The first-order valence-electron chi connectivity index (χ1n) is 9.67. The molecule has 27 heavy (non-hydrogen) atoms. The molecule has 0 fully saturated rings. The van der Waals surface area contributed by atoms with E-state index >= 15 is 0 Å². The maximum atomic E-state index is 6.70. The first-order valence-corrected chi connectivity index (χ1v) is 9.67. The fourth-order valence-electron chi connectivity index (χ4n) is 3.76. The van der Waals surface area contributed by atoms with Crippen LogP contribution in [0.2, 0.25) is 0 Å². The Labute approximate surface area is 161 Å². The number of amidine groups is 1. The molecule has 0 aromatic heterocycles. The van der Waals surface area contributed by atoms with Crippen molar-refractivity contribution < 1.29 is 4.65 Å². The minimum atomic E-state index is -1.71. The van der Waals surface area contributed by atoms with Crippen molar-refractivity contribution in [2.45, 2.75) is 26.0 Å². The molecule has 0 saturated carbocycles. The maximum absolute atomic E-state index is 6.70. The summed E-state index contributed by atoms with van der Waals surface area (Å²) in [5.41, 5.74) is 3.28. The molecule has 0 spiro atoms. The van der Waals surface area contributed by atoms with Crippen LogP contribution in [-0.4, -0.2) is 18.5 Å². The first kappa shape index (κ1) is 17.6. The summed E-state index contributed by atoms with van der Waals surface area (Å²) in [6.07, 6.45) is 1.88. The Morgan fingerprint density at radius 1 is 0.815 bits per heavy atom. The fourth-order valence-corrected chi connectivity index (χ4v) is 3.76. The van der Waals surface area contributed by atoms with Crippen LogP contribution in [0.3, 0.4) is 0 Å². The third kappa shape index (κ3) is 3.53. The van der Waals surface area contributed by atoms with E-state index in [0.717, 1.165) is 35.2 Å². The highest BCUT2D eigenvalue weighted by atomic mass is 16.5. The van der Waals surface area contributed by atoms with Gasteiger partial charge in [0.1, 0.15) is 0 Å². The Hall–Kier alpha value is -2.85. The van der Waals surface area contributed by atoms with E-state index in [0.29, 0.717) is 0 Å². The molecule has 0 amide bonds. The molecule has 0 radical (unpaired) electrons. The van der Waals surface area contributed by atoms with Gasteiger partial charge in [0.25, 0.3) is 6.48 Å². The highest BCUT2D eigenvalue weighted by Gasteiger charge is 2.35. The first-order chi connectivity index (χ1) is 13.3. The summed E-state index contributed by atoms with van der Waals surface area (Å²) in [5, 5.41) is 3.51. The highest BCUT2D eigenvalue weighted by Crippen LogP contribution is 2.20. The van der Waals surface area contributed by atoms with Crippen molar-refractivity contribution in [1.29, 1.82) is 0 Å². The predicted molar refractivity (Wildman–Crippen MR) is 114 cm³/mol. The molecule has 1 aliphatic rings. The summed E-state index contributed by atoms with van der Waals surface area (Å²) >= 11 is 0. The molecule has 1 heterocycles. The fraction of sp³-hybridized carbons (Fsp3) is 0.174. The van der Waals surface area contributed by atoms with E-state index in [9.17, 15) is 0 Å². The van der Waals surface area contributed by atoms with Crippen LogP contribution in [0.5, 0.6) is 0 Å². The Bertz CT molecular complexity index is 858. The van der Waals surface area contributed by atoms with Crippen molar-refractivity contribution in [3.05, 3.63) is 96.6 Å². The van der Waals surface area contributed by atoms with Crippen molar-refractivity contribution in [3.63, 3.8) is 0 Å². The summed E-state index contributed by atoms with van der Waals surface area (Å²) < 4.78 is 6.70. The lowest BCUT2D eigenvalue weighted by Gasteiger charge is -2.48. The van der Waals surface area contributed by atoms with Crippen LogP contribution in [0.15, 0.2) is 95.9 Å². The summed E-state index contributed by atoms with van der Waals surface area (Å²) in [7, 11) is 0. The lowest BCUT2D eigenvalue weighted by molar-refractivity contribution is 0.165. The molecule has 136 valence electrons. The van der Waals surface area contributed by atoms with Gasteiger partial charge in [-0.05, 0) is 6.42 Å². The van der Waals surface area contributed by atoms with E-state index in [1.165, 1.54) is 0 Å². The number of hydrogen-bond acceptors (Lipinski definition) is 3. The van der Waals surface area contributed by atoms with Gasteiger partial charge in [0.15, 0.2) is 0 Å². The number of nitrogens with zero attached hydrogens (tertiary/aromatic N) is 1. The average molecular weight is 355 g/mol. The summed E-state index contributed by atoms with van der Waals surface area (Å²) in [5.74, 6) is 0.896. The van der Waals surface area contributed by atoms with Gasteiger partial charge in [-0.2, -0.15) is 10.9 Å². The Kier molecular flexibility index (Phi) is 5.08. The summed E-state index contributed by atoms with van der Waals surface area (Å²) in [4.78, 5) is 5.20. The summed E-state index contributed by atoms with van der Waals surface area (Å²) in [6, 6.07) is 31.1. The van der Waals surface area contributed by atoms with E-state index in [1.54, 1.807) is 0 Å². The minimum absolute atomic E-state index is 0.0804. The average Bonchev–Trinajstić information content (AvgIpc) is 2.75. The van der Waals surface area contributed by atoms with Crippen molar-refractivity contribution >= 4 is 23.2 Å². The monoisotopic (exact) mass is 355 g/mol. The van der Waals surface area contributed by atoms with E-state index in [1.807, 2.05) is 30.3 Å². The van der Waals surface area contributed by atoms with Crippen LogP contribution in [0.1, 0.15) is 25.3 Å². The molecule has 1 atom stereocenters. The molecule has 3 aromatic carbocycles. The van der Waals surface area contributed by atoms with E-state index < -0.39 is 6.48 Å². The van der Waals surface area contributed by atoms with Gasteiger partial charge in [0, 0.05) is 5.56 Å². The molecule has 3 aromatic rings. The van der Waals surface area contributed by atoms with Gasteiger partial charge in [-0.25, -0.2) is 0 Å². The van der Waals surface area contributed by atoms with Crippen LogP contribution in [-0.2, 0) is 4.65 Å². The topological polar surface area (TPSA) is 33.6 Å². The third-order valence-electron chi connectivity index (χ3n) is 5.07. The minimum Gasteiger partial charge on any atom is -0.547 e. The number of benzene rings is 3. The van der Waals surface area contributed by atoms with Gasteiger partial charge in [-0.1, -0.05) is 104 Å². The van der Waals surface area contributed by atoms with Gasteiger partial charge in [0.2, 0.25) is 0 Å². The van der Waals surface area contributed by atoms with Crippen molar-refractivity contribution in [2.24, 2.45) is 4.90 Å². The lowest BCUT2D eigenvalue weighted by Crippen LogP contribution is -2.67. The molecular weight excluding hydrogens is 331 g/mol. The maximum Gasteiger partial charge on any atom is 0.285 e. The molecule has 0 saturated heterocycles. The van der Waals surface area contributed by atoms with E-state index in [4.69, 9.17) is 9.56 Å². The molecule has 3 nitrogen and oxygen atoms in total. The molecule has 4 heteroatoms. The molecule has 1 aliphatic heterocycles. The van der Waals surface area contributed by atoms with E-state index in [-0.39, 0.29) is 6.23 Å². The van der Waals surface area contributed by atoms with Crippen LogP contribution in [0, 0.1) is 0 Å². The van der Waals surface area contributed by atoms with Gasteiger partial charge in [0.05, 0.1) is 12.1 Å². The SMILES string of the molecule is CCCC1NC(c2ccccc2)=N[B-](c2ccccc2)(c2ccccc2)O1. The lowest BCUT2D eigenvalue weighted by atomic mass is 9.42. The smallest absolute Gasteiger partial charge is 0.285 e. The summed E-state index contributed by atoms with van der Waals surface area (Å²) in [6.45, 7) is 0.465. The van der Waals surface area contributed by atoms with Crippen LogP contribution in [0.4, 0.5) is 0 Å². The third-order valence-corrected chi connectivity index (χ3v) is 5.07.